The Morgan fingerprint density at radius 2 is 1.75 bits per heavy atom. The van der Waals surface area contributed by atoms with Crippen molar-refractivity contribution in [3.05, 3.63) is 65.7 Å². The van der Waals surface area contributed by atoms with Crippen molar-refractivity contribution in [2.24, 2.45) is 0 Å². The minimum absolute atomic E-state index is 0.155. The second-order valence-electron chi connectivity index (χ2n) is 7.28. The van der Waals surface area contributed by atoms with Crippen molar-refractivity contribution in [1.82, 2.24) is 10.2 Å². The molecule has 2 aromatic rings. The summed E-state index contributed by atoms with van der Waals surface area (Å²) in [5, 5.41) is 5.50. The van der Waals surface area contributed by atoms with Gasteiger partial charge in [0.1, 0.15) is 6.04 Å². The molecule has 146 valence electrons. The van der Waals surface area contributed by atoms with Gasteiger partial charge >= 0.3 is 6.03 Å². The molecule has 1 aliphatic rings. The lowest BCUT2D eigenvalue weighted by atomic mass is 10.0. The van der Waals surface area contributed by atoms with Gasteiger partial charge in [-0.3, -0.25) is 14.5 Å². The summed E-state index contributed by atoms with van der Waals surface area (Å²) >= 11 is 0. The van der Waals surface area contributed by atoms with Crippen LogP contribution in [-0.4, -0.2) is 28.8 Å². The number of nitrogens with one attached hydrogen (secondary N) is 2. The first kappa shape index (κ1) is 19.6. The number of benzene rings is 2. The summed E-state index contributed by atoms with van der Waals surface area (Å²) < 4.78 is 0. The van der Waals surface area contributed by atoms with E-state index in [9.17, 15) is 14.4 Å². The Balaban J connectivity index is 1.50. The maximum Gasteiger partial charge on any atom is 0.325 e. The number of hydrogen-bond donors (Lipinski definition) is 2. The van der Waals surface area contributed by atoms with Crippen molar-refractivity contribution < 1.29 is 14.4 Å². The first-order chi connectivity index (χ1) is 13.4. The molecular weight excluding hydrogens is 354 g/mol. The van der Waals surface area contributed by atoms with E-state index in [-0.39, 0.29) is 31.2 Å². The molecule has 2 N–H and O–H groups in total. The fourth-order valence-electron chi connectivity index (χ4n) is 3.14. The van der Waals surface area contributed by atoms with Crippen LogP contribution in [0.4, 0.5) is 10.5 Å². The predicted octanol–water partition coefficient (Wildman–Crippen LogP) is 3.65. The van der Waals surface area contributed by atoms with Crippen LogP contribution in [0.2, 0.25) is 0 Å². The van der Waals surface area contributed by atoms with Gasteiger partial charge in [0.25, 0.3) is 5.91 Å². The van der Waals surface area contributed by atoms with Crippen molar-refractivity contribution in [2.75, 3.05) is 5.32 Å². The lowest BCUT2D eigenvalue weighted by Crippen LogP contribution is -2.31. The van der Waals surface area contributed by atoms with E-state index < -0.39 is 12.1 Å². The fourth-order valence-corrected chi connectivity index (χ4v) is 3.14. The van der Waals surface area contributed by atoms with Crippen LogP contribution in [0, 0.1) is 0 Å². The summed E-state index contributed by atoms with van der Waals surface area (Å²) in [6.45, 7) is 4.46. The van der Waals surface area contributed by atoms with Crippen LogP contribution in [0.3, 0.4) is 0 Å². The molecule has 1 heterocycles. The van der Waals surface area contributed by atoms with Crippen molar-refractivity contribution in [2.45, 2.75) is 45.2 Å². The number of urea groups is 1. The number of hydrogen-bond acceptors (Lipinski definition) is 3. The molecular formula is C22H25N3O3. The van der Waals surface area contributed by atoms with Crippen LogP contribution in [0.25, 0.3) is 0 Å². The molecule has 1 atom stereocenters. The smallest absolute Gasteiger partial charge is 0.325 e. The van der Waals surface area contributed by atoms with Gasteiger partial charge in [-0.15, -0.1) is 0 Å². The highest BCUT2D eigenvalue weighted by atomic mass is 16.2. The van der Waals surface area contributed by atoms with E-state index in [2.05, 4.69) is 24.5 Å². The largest absolute Gasteiger partial charge is 0.326 e. The highest BCUT2D eigenvalue weighted by Gasteiger charge is 2.37. The Bertz CT molecular complexity index is 847. The second-order valence-corrected chi connectivity index (χ2v) is 7.28. The van der Waals surface area contributed by atoms with Gasteiger partial charge in [0.05, 0.1) is 6.54 Å². The third-order valence-corrected chi connectivity index (χ3v) is 4.81. The maximum atomic E-state index is 12.5. The Labute approximate surface area is 164 Å². The van der Waals surface area contributed by atoms with Gasteiger partial charge in [0, 0.05) is 12.1 Å². The van der Waals surface area contributed by atoms with Gasteiger partial charge < -0.3 is 10.6 Å². The Kier molecular flexibility index (Phi) is 6.09. The molecule has 4 amide bonds. The molecule has 1 fully saturated rings. The highest BCUT2D eigenvalue weighted by Crippen LogP contribution is 2.18. The van der Waals surface area contributed by atoms with E-state index in [1.807, 2.05) is 54.6 Å². The molecule has 0 bridgehead atoms. The Morgan fingerprint density at radius 1 is 1.07 bits per heavy atom. The standard InChI is InChI=1S/C22H25N3O3/c1-15(2)17-8-10-18(11-9-17)23-20(26)13-12-19-21(27)25(22(28)24-19)14-16-6-4-3-5-7-16/h3-11,15,19H,12-14H2,1-2H3,(H,23,26)(H,24,28)/t19-/m0/s1. The fraction of sp³-hybridized carbons (Fsp3) is 0.318. The third kappa shape index (κ3) is 4.76. The molecule has 0 saturated carbocycles. The van der Waals surface area contributed by atoms with Crippen molar-refractivity contribution in [1.29, 1.82) is 0 Å². The summed E-state index contributed by atoms with van der Waals surface area (Å²) in [6, 6.07) is 16.0. The second kappa shape index (κ2) is 8.69. The van der Waals surface area contributed by atoms with Gasteiger partial charge in [-0.05, 0) is 35.6 Å². The van der Waals surface area contributed by atoms with E-state index in [1.54, 1.807) is 0 Å². The van der Waals surface area contributed by atoms with Gasteiger partial charge in [-0.25, -0.2) is 4.79 Å². The summed E-state index contributed by atoms with van der Waals surface area (Å²) in [5.41, 5.74) is 2.81. The molecule has 0 aliphatic carbocycles. The van der Waals surface area contributed by atoms with Crippen LogP contribution in [0.1, 0.15) is 43.7 Å². The van der Waals surface area contributed by atoms with E-state index in [0.29, 0.717) is 5.92 Å². The van der Waals surface area contributed by atoms with Crippen molar-refractivity contribution in [3.63, 3.8) is 0 Å². The lowest BCUT2D eigenvalue weighted by molar-refractivity contribution is -0.128. The number of carbonyl (C=O) groups is 3. The summed E-state index contributed by atoms with van der Waals surface area (Å²) in [5.74, 6) is -0.0376. The maximum absolute atomic E-state index is 12.5. The van der Waals surface area contributed by atoms with Crippen LogP contribution in [0.15, 0.2) is 54.6 Å². The molecule has 6 nitrogen and oxygen atoms in total. The average Bonchev–Trinajstić information content (AvgIpc) is 2.95. The minimum atomic E-state index is -0.662. The van der Waals surface area contributed by atoms with E-state index in [4.69, 9.17) is 0 Å². The van der Waals surface area contributed by atoms with Crippen molar-refractivity contribution in [3.8, 4) is 0 Å². The summed E-state index contributed by atoms with van der Waals surface area (Å²) in [4.78, 5) is 38.0. The zero-order chi connectivity index (χ0) is 20.1. The quantitative estimate of drug-likeness (QED) is 0.721. The number of rotatable bonds is 7. The van der Waals surface area contributed by atoms with E-state index in [1.165, 1.54) is 10.5 Å². The zero-order valence-electron chi connectivity index (χ0n) is 16.1. The summed E-state index contributed by atoms with van der Waals surface area (Å²) in [6.07, 6.45) is 0.424. The molecule has 0 spiro atoms. The number of carbonyl (C=O) groups excluding carboxylic acids is 3. The topological polar surface area (TPSA) is 78.5 Å². The number of amides is 4. The van der Waals surface area contributed by atoms with Gasteiger partial charge in [-0.1, -0.05) is 56.3 Å². The number of nitrogens with zero attached hydrogens (tertiary/aromatic N) is 1. The molecule has 28 heavy (non-hydrogen) atoms. The molecule has 2 aromatic carbocycles. The molecule has 0 unspecified atom stereocenters. The lowest BCUT2D eigenvalue weighted by Gasteiger charge is -2.13. The third-order valence-electron chi connectivity index (χ3n) is 4.81. The molecule has 3 rings (SSSR count). The zero-order valence-corrected chi connectivity index (χ0v) is 16.1. The van der Waals surface area contributed by atoms with Gasteiger partial charge in [0.15, 0.2) is 0 Å². The van der Waals surface area contributed by atoms with E-state index >= 15 is 0 Å². The molecule has 6 heteroatoms. The summed E-state index contributed by atoms with van der Waals surface area (Å²) in [7, 11) is 0. The SMILES string of the molecule is CC(C)c1ccc(NC(=O)CC[C@@H]2NC(=O)N(Cc3ccccc3)C2=O)cc1. The first-order valence-corrected chi connectivity index (χ1v) is 9.49. The highest BCUT2D eigenvalue weighted by molar-refractivity contribution is 6.04. The Morgan fingerprint density at radius 3 is 2.39 bits per heavy atom. The van der Waals surface area contributed by atoms with Crippen LogP contribution in [0.5, 0.6) is 0 Å². The van der Waals surface area contributed by atoms with Crippen LogP contribution < -0.4 is 10.6 Å². The Hall–Kier alpha value is -3.15. The normalized spacial score (nSPS) is 16.4. The monoisotopic (exact) mass is 379 g/mol. The average molecular weight is 379 g/mol. The van der Waals surface area contributed by atoms with E-state index in [0.717, 1.165) is 11.3 Å². The first-order valence-electron chi connectivity index (χ1n) is 9.49. The van der Waals surface area contributed by atoms with Crippen molar-refractivity contribution >= 4 is 23.5 Å². The predicted molar refractivity (Wildman–Crippen MR) is 108 cm³/mol. The minimum Gasteiger partial charge on any atom is -0.326 e. The molecule has 1 aliphatic heterocycles. The van der Waals surface area contributed by atoms with Crippen LogP contribution >= 0.6 is 0 Å². The van der Waals surface area contributed by atoms with Crippen LogP contribution in [-0.2, 0) is 16.1 Å². The number of imide groups is 1. The van der Waals surface area contributed by atoms with Gasteiger partial charge in [0.2, 0.25) is 5.91 Å². The van der Waals surface area contributed by atoms with Gasteiger partial charge in [-0.2, -0.15) is 0 Å². The molecule has 0 aromatic heterocycles. The molecule has 1 saturated heterocycles. The molecule has 0 radical (unpaired) electrons. The number of anilines is 1.